The van der Waals surface area contributed by atoms with Gasteiger partial charge in [0, 0.05) is 28.2 Å². The Morgan fingerprint density at radius 3 is 2.44 bits per heavy atom. The molecule has 0 unspecified atom stereocenters. The van der Waals surface area contributed by atoms with Gasteiger partial charge in [0.1, 0.15) is 0 Å². The summed E-state index contributed by atoms with van der Waals surface area (Å²) in [6.45, 7) is 2.18. The van der Waals surface area contributed by atoms with Crippen molar-refractivity contribution in [3.8, 4) is 5.75 Å². The number of rotatable bonds is 5. The molecule has 0 aliphatic rings. The van der Waals surface area contributed by atoms with Crippen molar-refractivity contribution in [1.82, 2.24) is 4.57 Å². The molecular weight excluding hydrogens is 420 g/mol. The fourth-order valence-electron chi connectivity index (χ4n) is 3.21. The molecule has 3 aromatic rings. The van der Waals surface area contributed by atoms with E-state index in [-0.39, 0.29) is 11.8 Å². The SMILES string of the molecule is COC(=O)Cc1c(C)n(Cc2ccc(Br)cc2)c2cc(F)c(OC)c(F)c12. The number of fused-ring (bicyclic) bond motifs is 1. The van der Waals surface area contributed by atoms with Gasteiger partial charge in [-0.05, 0) is 30.2 Å². The van der Waals surface area contributed by atoms with Gasteiger partial charge in [-0.1, -0.05) is 28.1 Å². The molecule has 0 atom stereocenters. The van der Waals surface area contributed by atoms with Gasteiger partial charge in [-0.2, -0.15) is 0 Å². The molecule has 7 heteroatoms. The van der Waals surface area contributed by atoms with Gasteiger partial charge < -0.3 is 14.0 Å². The number of benzene rings is 2. The van der Waals surface area contributed by atoms with E-state index in [2.05, 4.69) is 15.9 Å². The van der Waals surface area contributed by atoms with Crippen molar-refractivity contribution in [3.63, 3.8) is 0 Å². The van der Waals surface area contributed by atoms with Crippen LogP contribution in [0.2, 0.25) is 0 Å². The van der Waals surface area contributed by atoms with Crippen molar-refractivity contribution in [2.75, 3.05) is 14.2 Å². The van der Waals surface area contributed by atoms with Crippen LogP contribution in [0.3, 0.4) is 0 Å². The smallest absolute Gasteiger partial charge is 0.310 e. The van der Waals surface area contributed by atoms with Crippen LogP contribution in [0.5, 0.6) is 5.75 Å². The lowest BCUT2D eigenvalue weighted by Gasteiger charge is -2.10. The van der Waals surface area contributed by atoms with Crippen LogP contribution in [-0.2, 0) is 22.5 Å². The van der Waals surface area contributed by atoms with Crippen molar-refractivity contribution in [2.45, 2.75) is 19.9 Å². The highest BCUT2D eigenvalue weighted by Crippen LogP contribution is 2.36. The van der Waals surface area contributed by atoms with E-state index >= 15 is 0 Å². The molecule has 1 heterocycles. The molecule has 0 radical (unpaired) electrons. The summed E-state index contributed by atoms with van der Waals surface area (Å²) < 4.78 is 41.7. The summed E-state index contributed by atoms with van der Waals surface area (Å²) in [6, 6.07) is 8.88. The Labute approximate surface area is 163 Å². The van der Waals surface area contributed by atoms with Gasteiger partial charge in [0.25, 0.3) is 0 Å². The Morgan fingerprint density at radius 1 is 1.19 bits per heavy atom. The number of carbonyl (C=O) groups is 1. The summed E-state index contributed by atoms with van der Waals surface area (Å²) in [5, 5.41) is 0.174. The lowest BCUT2D eigenvalue weighted by Crippen LogP contribution is -2.07. The molecule has 0 bridgehead atoms. The molecule has 0 fully saturated rings. The molecule has 3 rings (SSSR count). The predicted molar refractivity (Wildman–Crippen MR) is 102 cm³/mol. The molecule has 0 aliphatic carbocycles. The average molecular weight is 438 g/mol. The minimum atomic E-state index is -0.816. The first-order chi connectivity index (χ1) is 12.9. The maximum absolute atomic E-state index is 15.0. The number of methoxy groups -OCH3 is 2. The molecule has 27 heavy (non-hydrogen) atoms. The predicted octanol–water partition coefficient (Wildman–Crippen LogP) is 4.76. The number of hydrogen-bond donors (Lipinski definition) is 0. The third-order valence-corrected chi connectivity index (χ3v) is 5.13. The van der Waals surface area contributed by atoms with E-state index in [1.807, 2.05) is 24.3 Å². The van der Waals surface area contributed by atoms with Gasteiger partial charge in [0.15, 0.2) is 17.4 Å². The molecule has 0 saturated carbocycles. The first kappa shape index (κ1) is 19.4. The molecule has 1 aromatic heterocycles. The van der Waals surface area contributed by atoms with Gasteiger partial charge in [-0.3, -0.25) is 4.79 Å². The average Bonchev–Trinajstić information content (AvgIpc) is 2.89. The second kappa shape index (κ2) is 7.68. The highest BCUT2D eigenvalue weighted by molar-refractivity contribution is 9.10. The van der Waals surface area contributed by atoms with Crippen LogP contribution >= 0.6 is 15.9 Å². The zero-order valence-corrected chi connectivity index (χ0v) is 16.7. The number of hydrogen-bond acceptors (Lipinski definition) is 3. The van der Waals surface area contributed by atoms with Gasteiger partial charge in [0.05, 0.1) is 26.2 Å². The van der Waals surface area contributed by atoms with Crippen molar-refractivity contribution in [2.24, 2.45) is 0 Å². The third kappa shape index (κ3) is 3.56. The van der Waals surface area contributed by atoms with Crippen LogP contribution in [0.15, 0.2) is 34.8 Å². The quantitative estimate of drug-likeness (QED) is 0.540. The zero-order chi connectivity index (χ0) is 19.7. The van der Waals surface area contributed by atoms with Crippen molar-refractivity contribution in [1.29, 1.82) is 0 Å². The lowest BCUT2D eigenvalue weighted by atomic mass is 10.1. The lowest BCUT2D eigenvalue weighted by molar-refractivity contribution is -0.139. The number of aromatic nitrogens is 1. The fraction of sp³-hybridized carbons (Fsp3) is 0.250. The zero-order valence-electron chi connectivity index (χ0n) is 15.1. The first-order valence-electron chi connectivity index (χ1n) is 8.22. The van der Waals surface area contributed by atoms with Gasteiger partial charge >= 0.3 is 5.97 Å². The van der Waals surface area contributed by atoms with Gasteiger partial charge in [0.2, 0.25) is 0 Å². The summed E-state index contributed by atoms with van der Waals surface area (Å²) in [5.74, 6) is -2.57. The van der Waals surface area contributed by atoms with E-state index in [0.717, 1.165) is 10.0 Å². The summed E-state index contributed by atoms with van der Waals surface area (Å²) in [4.78, 5) is 11.9. The Morgan fingerprint density at radius 2 is 1.85 bits per heavy atom. The highest BCUT2D eigenvalue weighted by atomic mass is 79.9. The van der Waals surface area contributed by atoms with Crippen molar-refractivity contribution < 1.29 is 23.0 Å². The summed E-state index contributed by atoms with van der Waals surface area (Å²) in [5.41, 5.74) is 2.46. The van der Waals surface area contributed by atoms with Gasteiger partial charge in [-0.25, -0.2) is 8.78 Å². The Bertz CT molecular complexity index is 1010. The van der Waals surface area contributed by atoms with Crippen molar-refractivity contribution in [3.05, 3.63) is 63.3 Å². The van der Waals surface area contributed by atoms with Crippen LogP contribution in [0.4, 0.5) is 8.78 Å². The summed E-state index contributed by atoms with van der Waals surface area (Å²) in [6.07, 6.45) is -0.113. The molecule has 0 amide bonds. The Kier molecular flexibility index (Phi) is 5.51. The van der Waals surface area contributed by atoms with E-state index in [1.54, 1.807) is 11.5 Å². The van der Waals surface area contributed by atoms with Gasteiger partial charge in [-0.15, -0.1) is 0 Å². The van der Waals surface area contributed by atoms with Crippen LogP contribution < -0.4 is 4.74 Å². The summed E-state index contributed by atoms with van der Waals surface area (Å²) >= 11 is 3.39. The number of carbonyl (C=O) groups excluding carboxylic acids is 1. The molecule has 0 spiro atoms. The minimum Gasteiger partial charge on any atom is -0.491 e. The standard InChI is InChI=1S/C20H18BrF2NO3/c1-11-14(8-17(25)26-2)18-16(9-15(22)20(27-3)19(18)23)24(11)10-12-4-6-13(21)7-5-12/h4-7,9H,8,10H2,1-3H3. The molecule has 0 saturated heterocycles. The number of ether oxygens (including phenoxy) is 2. The first-order valence-corrected chi connectivity index (χ1v) is 9.01. The molecule has 142 valence electrons. The number of esters is 1. The Hall–Kier alpha value is -2.41. The Balaban J connectivity index is 2.24. The molecule has 0 aliphatic heterocycles. The normalized spacial score (nSPS) is 11.0. The van der Waals surface area contributed by atoms with E-state index in [9.17, 15) is 13.6 Å². The van der Waals surface area contributed by atoms with Crippen LogP contribution in [0.1, 0.15) is 16.8 Å². The topological polar surface area (TPSA) is 40.5 Å². The van der Waals surface area contributed by atoms with Crippen LogP contribution in [-0.4, -0.2) is 24.8 Å². The molecule has 4 nitrogen and oxygen atoms in total. The van der Waals surface area contributed by atoms with E-state index < -0.39 is 23.4 Å². The minimum absolute atomic E-state index is 0.113. The maximum atomic E-state index is 15.0. The molecular formula is C20H18BrF2NO3. The van der Waals surface area contributed by atoms with Crippen molar-refractivity contribution >= 4 is 32.8 Å². The molecule has 0 N–H and O–H groups in total. The highest BCUT2D eigenvalue weighted by Gasteiger charge is 2.25. The van der Waals surface area contributed by atoms with Crippen LogP contribution in [0, 0.1) is 18.6 Å². The number of nitrogens with zero attached hydrogens (tertiary/aromatic N) is 1. The second-order valence-corrected chi connectivity index (χ2v) is 7.04. The van der Waals surface area contributed by atoms with E-state index in [0.29, 0.717) is 23.3 Å². The monoisotopic (exact) mass is 437 g/mol. The van der Waals surface area contributed by atoms with Crippen LogP contribution in [0.25, 0.3) is 10.9 Å². The largest absolute Gasteiger partial charge is 0.491 e. The maximum Gasteiger partial charge on any atom is 0.310 e. The number of halogens is 3. The third-order valence-electron chi connectivity index (χ3n) is 4.60. The van der Waals surface area contributed by atoms with E-state index in [4.69, 9.17) is 9.47 Å². The van der Waals surface area contributed by atoms with E-state index in [1.165, 1.54) is 20.3 Å². The second-order valence-electron chi connectivity index (χ2n) is 6.13. The fourth-order valence-corrected chi connectivity index (χ4v) is 3.47. The summed E-state index contributed by atoms with van der Waals surface area (Å²) in [7, 11) is 2.48. The molecule has 2 aromatic carbocycles.